The smallest absolute Gasteiger partial charge is 1.00 e. The molecule has 0 saturated carbocycles. The molecule has 0 fully saturated rings. The van der Waals surface area contributed by atoms with Gasteiger partial charge in [-0.2, -0.15) is 17.2 Å². The van der Waals surface area contributed by atoms with E-state index in [4.69, 9.17) is 0 Å². The number of benzene rings is 2. The summed E-state index contributed by atoms with van der Waals surface area (Å²) < 4.78 is 0. The van der Waals surface area contributed by atoms with Crippen molar-refractivity contribution >= 4 is 28.1 Å². The van der Waals surface area contributed by atoms with E-state index in [1.807, 2.05) is 11.8 Å². The molecule has 1 unspecified atom stereocenters. The van der Waals surface area contributed by atoms with E-state index >= 15 is 0 Å². The van der Waals surface area contributed by atoms with Gasteiger partial charge in [0, 0.05) is 5.25 Å². The van der Waals surface area contributed by atoms with Gasteiger partial charge in [-0.1, -0.05) is 61.9 Å². The Hall–Kier alpha value is -0.267. The molecule has 1 atom stereocenters. The van der Waals surface area contributed by atoms with Gasteiger partial charge in [-0.15, -0.1) is 16.7 Å². The first kappa shape index (κ1) is 22.8. The Labute approximate surface area is 186 Å². The molecule has 127 valence electrons. The summed E-state index contributed by atoms with van der Waals surface area (Å²) in [6, 6.07) is 15.3. The molecule has 4 rings (SSSR count). The van der Waals surface area contributed by atoms with E-state index in [0.717, 1.165) is 0 Å². The van der Waals surface area contributed by atoms with Crippen LogP contribution in [0.25, 0.3) is 16.3 Å². The Morgan fingerprint density at radius 2 is 1.68 bits per heavy atom. The van der Waals surface area contributed by atoms with Crippen molar-refractivity contribution in [3.05, 3.63) is 76.2 Å². The molecule has 0 bridgehead atoms. The second-order valence-electron chi connectivity index (χ2n) is 6.32. The normalized spacial score (nSPS) is 18.2. The minimum atomic E-state index is 0. The first-order valence-electron chi connectivity index (χ1n) is 7.90. The van der Waals surface area contributed by atoms with Gasteiger partial charge in [0.2, 0.25) is 0 Å². The van der Waals surface area contributed by atoms with Gasteiger partial charge in [0.15, 0.2) is 0 Å². The fourth-order valence-electron chi connectivity index (χ4n) is 3.34. The SMILES string of the molecule is CC(C)C1=CC2=C(c3cccc4ccccc34)C(C)SC2=[C-]1.[Cl-].[Cl-].[Zr+3]. The van der Waals surface area contributed by atoms with Crippen molar-refractivity contribution in [3.63, 3.8) is 0 Å². The predicted octanol–water partition coefficient (Wildman–Crippen LogP) is 0.0173. The van der Waals surface area contributed by atoms with Crippen LogP contribution >= 0.6 is 11.8 Å². The van der Waals surface area contributed by atoms with Gasteiger partial charge >= 0.3 is 26.2 Å². The minimum Gasteiger partial charge on any atom is -1.00 e. The molecule has 0 nitrogen and oxygen atoms in total. The van der Waals surface area contributed by atoms with Crippen LogP contribution in [-0.4, -0.2) is 5.25 Å². The minimum absolute atomic E-state index is 0. The molecule has 4 heteroatoms. The largest absolute Gasteiger partial charge is 3.00 e. The maximum atomic E-state index is 3.61. The number of hydrogen-bond donors (Lipinski definition) is 0. The van der Waals surface area contributed by atoms with Crippen LogP contribution in [0.4, 0.5) is 0 Å². The summed E-state index contributed by atoms with van der Waals surface area (Å²) in [4.78, 5) is 1.33. The molecule has 0 aromatic heterocycles. The Morgan fingerprint density at radius 1 is 1.00 bits per heavy atom. The number of hydrogen-bond acceptors (Lipinski definition) is 1. The molecule has 2 aliphatic rings. The van der Waals surface area contributed by atoms with Crippen molar-refractivity contribution in [1.82, 2.24) is 0 Å². The summed E-state index contributed by atoms with van der Waals surface area (Å²) in [5.74, 6) is 0.537. The van der Waals surface area contributed by atoms with E-state index in [-0.39, 0.29) is 51.0 Å². The average molecular weight is 466 g/mol. The van der Waals surface area contributed by atoms with Crippen LogP contribution in [0.1, 0.15) is 26.3 Å². The quantitative estimate of drug-likeness (QED) is 0.564. The molecule has 0 spiro atoms. The second kappa shape index (κ2) is 9.09. The fourth-order valence-corrected chi connectivity index (χ4v) is 4.54. The van der Waals surface area contributed by atoms with Crippen LogP contribution in [-0.2, 0) is 26.2 Å². The van der Waals surface area contributed by atoms with Gasteiger partial charge in [0.25, 0.3) is 0 Å². The molecule has 25 heavy (non-hydrogen) atoms. The number of thioether (sulfide) groups is 1. The van der Waals surface area contributed by atoms with E-state index in [2.05, 4.69) is 75.4 Å². The molecule has 2 aromatic rings. The molecule has 1 aliphatic carbocycles. The number of allylic oxidation sites excluding steroid dienone is 4. The molecule has 2 aromatic carbocycles. The predicted molar refractivity (Wildman–Crippen MR) is 97.6 cm³/mol. The third-order valence-electron chi connectivity index (χ3n) is 4.50. The van der Waals surface area contributed by atoms with Gasteiger partial charge in [0.05, 0.1) is 0 Å². The first-order chi connectivity index (χ1) is 10.6. The van der Waals surface area contributed by atoms with Crippen LogP contribution in [0.2, 0.25) is 0 Å². The Bertz CT molecular complexity index is 860. The van der Waals surface area contributed by atoms with Crippen molar-refractivity contribution in [2.45, 2.75) is 26.0 Å². The number of halogens is 2. The molecule has 1 heterocycles. The van der Waals surface area contributed by atoms with Crippen LogP contribution in [0.5, 0.6) is 0 Å². The first-order valence-corrected chi connectivity index (χ1v) is 8.78. The Morgan fingerprint density at radius 3 is 2.40 bits per heavy atom. The number of fused-ring (bicyclic) bond motifs is 2. The summed E-state index contributed by atoms with van der Waals surface area (Å²) in [7, 11) is 0. The van der Waals surface area contributed by atoms with Crippen LogP contribution in [0, 0.1) is 12.0 Å². The van der Waals surface area contributed by atoms with Crippen LogP contribution in [0.15, 0.2) is 64.6 Å². The Balaban J connectivity index is 0.00000104. The van der Waals surface area contributed by atoms with Crippen molar-refractivity contribution in [1.29, 1.82) is 0 Å². The van der Waals surface area contributed by atoms with Gasteiger partial charge in [-0.25, -0.2) is 6.08 Å². The maximum absolute atomic E-state index is 3.61. The third-order valence-corrected chi connectivity index (χ3v) is 5.64. The zero-order valence-electron chi connectivity index (χ0n) is 14.4. The van der Waals surface area contributed by atoms with Gasteiger partial charge in [-0.3, -0.25) is 0 Å². The second-order valence-corrected chi connectivity index (χ2v) is 7.67. The molecule has 1 aliphatic heterocycles. The average Bonchev–Trinajstić information content (AvgIpc) is 3.03. The van der Waals surface area contributed by atoms with E-state index in [9.17, 15) is 0 Å². The molecular weight excluding hydrogens is 446 g/mol. The summed E-state index contributed by atoms with van der Waals surface area (Å²) in [5.41, 5.74) is 5.59. The molecule has 0 N–H and O–H groups in total. The summed E-state index contributed by atoms with van der Waals surface area (Å²) in [6.07, 6.45) is 5.97. The van der Waals surface area contributed by atoms with Gasteiger partial charge in [-0.05, 0) is 29.2 Å². The molecule has 0 amide bonds. The Kier molecular flexibility index (Phi) is 8.28. The summed E-state index contributed by atoms with van der Waals surface area (Å²) >= 11 is 1.95. The van der Waals surface area contributed by atoms with E-state index in [0.29, 0.717) is 11.2 Å². The van der Waals surface area contributed by atoms with Gasteiger partial charge in [0.1, 0.15) is 0 Å². The summed E-state index contributed by atoms with van der Waals surface area (Å²) in [6.45, 7) is 6.80. The zero-order valence-corrected chi connectivity index (χ0v) is 19.2. The summed E-state index contributed by atoms with van der Waals surface area (Å²) in [5, 5.41) is 3.17. The molecular formula is C21H19Cl2SZr. The van der Waals surface area contributed by atoms with Crippen molar-refractivity contribution in [3.8, 4) is 0 Å². The molecule has 0 saturated heterocycles. The van der Waals surface area contributed by atoms with E-state index in [1.54, 1.807) is 0 Å². The van der Waals surface area contributed by atoms with Crippen LogP contribution < -0.4 is 24.8 Å². The fraction of sp³-hybridized carbons (Fsp3) is 0.238. The standard InChI is InChI=1S/C21H19S.2ClH.Zr/c1-13(2)16-11-19-20(12-16)22-14(3)21(19)18-10-6-8-15-7-4-5-9-17(15)18;;;/h4-11,13-14H,1-3H3;2*1H;/q-1;;;+3/p-2. The third kappa shape index (κ3) is 4.03. The van der Waals surface area contributed by atoms with Crippen molar-refractivity contribution in [2.24, 2.45) is 5.92 Å². The number of rotatable bonds is 2. The van der Waals surface area contributed by atoms with E-state index in [1.165, 1.54) is 38.0 Å². The topological polar surface area (TPSA) is 0 Å². The van der Waals surface area contributed by atoms with Gasteiger partial charge < -0.3 is 24.8 Å². The van der Waals surface area contributed by atoms with E-state index < -0.39 is 0 Å². The zero-order chi connectivity index (χ0) is 15.3. The monoisotopic (exact) mass is 463 g/mol. The van der Waals surface area contributed by atoms with Crippen molar-refractivity contribution < 1.29 is 51.0 Å². The van der Waals surface area contributed by atoms with Crippen molar-refractivity contribution in [2.75, 3.05) is 0 Å². The maximum Gasteiger partial charge on any atom is 3.00 e. The van der Waals surface area contributed by atoms with Crippen LogP contribution in [0.3, 0.4) is 0 Å². The molecule has 1 radical (unpaired) electrons.